The molecule has 3 heteroatoms. The van der Waals surface area contributed by atoms with Crippen LogP contribution in [0.3, 0.4) is 0 Å². The SMILES string of the molecule is CN(C)CCC=C1c2ccccc2C(C)(C)c2ccccc21.Cl.Cl. The highest BCUT2D eigenvalue weighted by Gasteiger charge is 2.33. The summed E-state index contributed by atoms with van der Waals surface area (Å²) in [6.07, 6.45) is 3.48. The molecule has 0 atom stereocenters. The van der Waals surface area contributed by atoms with Gasteiger partial charge in [-0.05, 0) is 48.3 Å². The lowest BCUT2D eigenvalue weighted by Gasteiger charge is -2.36. The van der Waals surface area contributed by atoms with E-state index in [2.05, 4.69) is 87.4 Å². The van der Waals surface area contributed by atoms with Gasteiger partial charge in [0.05, 0.1) is 0 Å². The third-order valence-corrected chi connectivity index (χ3v) is 4.71. The molecular weight excluding hydrogens is 337 g/mol. The molecule has 0 amide bonds. The minimum absolute atomic E-state index is 0. The summed E-state index contributed by atoms with van der Waals surface area (Å²) in [5.74, 6) is 0. The lowest BCUT2D eigenvalue weighted by atomic mass is 9.67. The first-order chi connectivity index (χ1) is 10.5. The standard InChI is InChI=1S/C21H25N.2ClH/c1-21(2)19-13-7-5-10-17(19)16(12-9-15-22(3)4)18-11-6-8-14-20(18)21;;/h5-8,10-14H,9,15H2,1-4H3;2*1H. The van der Waals surface area contributed by atoms with E-state index in [0.717, 1.165) is 13.0 Å². The summed E-state index contributed by atoms with van der Waals surface area (Å²) >= 11 is 0. The minimum Gasteiger partial charge on any atom is -0.309 e. The molecule has 0 heterocycles. The van der Waals surface area contributed by atoms with Crippen LogP contribution in [0, 0.1) is 0 Å². The molecular formula is C21H27Cl2N. The average Bonchev–Trinajstić information content (AvgIpc) is 2.51. The number of benzene rings is 2. The molecule has 1 nitrogen and oxygen atoms in total. The molecule has 0 fully saturated rings. The van der Waals surface area contributed by atoms with Crippen LogP contribution >= 0.6 is 24.8 Å². The van der Waals surface area contributed by atoms with E-state index in [4.69, 9.17) is 0 Å². The van der Waals surface area contributed by atoms with E-state index in [9.17, 15) is 0 Å². The number of hydrogen-bond acceptors (Lipinski definition) is 1. The zero-order chi connectivity index (χ0) is 15.7. The molecule has 0 unspecified atom stereocenters. The van der Waals surface area contributed by atoms with Gasteiger partial charge in [-0.2, -0.15) is 0 Å². The summed E-state index contributed by atoms with van der Waals surface area (Å²) in [5, 5.41) is 0. The van der Waals surface area contributed by atoms with Crippen molar-refractivity contribution >= 4 is 30.4 Å². The number of fused-ring (bicyclic) bond motifs is 2. The summed E-state index contributed by atoms with van der Waals surface area (Å²) in [7, 11) is 4.26. The quantitative estimate of drug-likeness (QED) is 0.690. The summed E-state index contributed by atoms with van der Waals surface area (Å²) in [6.45, 7) is 5.75. The Morgan fingerprint density at radius 3 is 1.75 bits per heavy atom. The van der Waals surface area contributed by atoms with Crippen LogP contribution in [0.1, 0.15) is 42.5 Å². The van der Waals surface area contributed by atoms with Gasteiger partial charge in [-0.25, -0.2) is 0 Å². The zero-order valence-electron chi connectivity index (χ0n) is 14.9. The Balaban J connectivity index is 0.00000144. The maximum Gasteiger partial charge on any atom is 0.0158 e. The van der Waals surface area contributed by atoms with Crippen LogP contribution in [0.15, 0.2) is 54.6 Å². The Morgan fingerprint density at radius 2 is 1.29 bits per heavy atom. The van der Waals surface area contributed by atoms with Gasteiger partial charge in [-0.15, -0.1) is 24.8 Å². The Morgan fingerprint density at radius 1 is 0.833 bits per heavy atom. The van der Waals surface area contributed by atoms with Gasteiger partial charge in [0, 0.05) is 12.0 Å². The highest BCUT2D eigenvalue weighted by atomic mass is 35.5. The molecule has 0 radical (unpaired) electrons. The van der Waals surface area contributed by atoms with Crippen molar-refractivity contribution in [2.45, 2.75) is 25.7 Å². The maximum absolute atomic E-state index is 2.41. The predicted octanol–water partition coefficient (Wildman–Crippen LogP) is 5.55. The van der Waals surface area contributed by atoms with E-state index in [0.29, 0.717) is 0 Å². The van der Waals surface area contributed by atoms with Gasteiger partial charge in [0.2, 0.25) is 0 Å². The highest BCUT2D eigenvalue weighted by Crippen LogP contribution is 2.46. The van der Waals surface area contributed by atoms with Crippen molar-refractivity contribution in [1.29, 1.82) is 0 Å². The zero-order valence-corrected chi connectivity index (χ0v) is 16.5. The second-order valence-electron chi connectivity index (χ2n) is 6.93. The molecule has 24 heavy (non-hydrogen) atoms. The van der Waals surface area contributed by atoms with Crippen LogP contribution in [0.25, 0.3) is 5.57 Å². The second-order valence-corrected chi connectivity index (χ2v) is 6.93. The van der Waals surface area contributed by atoms with E-state index in [1.807, 2.05) is 0 Å². The van der Waals surface area contributed by atoms with Crippen molar-refractivity contribution < 1.29 is 0 Å². The molecule has 0 saturated heterocycles. The molecule has 130 valence electrons. The van der Waals surface area contributed by atoms with Crippen molar-refractivity contribution in [3.63, 3.8) is 0 Å². The first-order valence-electron chi connectivity index (χ1n) is 8.06. The van der Waals surface area contributed by atoms with Crippen molar-refractivity contribution in [3.05, 3.63) is 76.9 Å². The van der Waals surface area contributed by atoms with E-state index in [-0.39, 0.29) is 30.2 Å². The van der Waals surface area contributed by atoms with E-state index in [1.165, 1.54) is 27.8 Å². The second kappa shape index (κ2) is 8.20. The van der Waals surface area contributed by atoms with Gasteiger partial charge in [0.15, 0.2) is 0 Å². The Labute approximate surface area is 158 Å². The number of rotatable bonds is 3. The monoisotopic (exact) mass is 363 g/mol. The largest absolute Gasteiger partial charge is 0.309 e. The Bertz CT molecular complexity index is 666. The fourth-order valence-corrected chi connectivity index (χ4v) is 3.50. The van der Waals surface area contributed by atoms with Crippen molar-refractivity contribution in [2.24, 2.45) is 0 Å². The molecule has 0 bridgehead atoms. The summed E-state index contributed by atoms with van der Waals surface area (Å²) < 4.78 is 0. The van der Waals surface area contributed by atoms with Gasteiger partial charge in [0.1, 0.15) is 0 Å². The van der Waals surface area contributed by atoms with Gasteiger partial charge in [-0.3, -0.25) is 0 Å². The normalized spacial score (nSPS) is 14.1. The molecule has 2 aromatic carbocycles. The third kappa shape index (κ3) is 3.69. The first kappa shape index (κ1) is 20.8. The fraction of sp³-hybridized carbons (Fsp3) is 0.333. The Kier molecular flexibility index (Phi) is 7.10. The number of nitrogens with zero attached hydrogens (tertiary/aromatic N) is 1. The van der Waals surface area contributed by atoms with Crippen molar-refractivity contribution in [2.75, 3.05) is 20.6 Å². The van der Waals surface area contributed by atoms with Crippen LogP contribution < -0.4 is 0 Å². The van der Waals surface area contributed by atoms with Crippen LogP contribution in [0.5, 0.6) is 0 Å². The molecule has 0 aliphatic heterocycles. The molecule has 3 rings (SSSR count). The van der Waals surface area contributed by atoms with Gasteiger partial charge >= 0.3 is 0 Å². The fourth-order valence-electron chi connectivity index (χ4n) is 3.50. The third-order valence-electron chi connectivity index (χ3n) is 4.71. The van der Waals surface area contributed by atoms with Gasteiger partial charge in [-0.1, -0.05) is 68.5 Å². The minimum atomic E-state index is 0. The summed E-state index contributed by atoms with van der Waals surface area (Å²) in [6, 6.07) is 17.7. The maximum atomic E-state index is 2.41. The average molecular weight is 364 g/mol. The van der Waals surface area contributed by atoms with Crippen molar-refractivity contribution in [3.8, 4) is 0 Å². The molecule has 0 N–H and O–H groups in total. The van der Waals surface area contributed by atoms with Gasteiger partial charge in [0.25, 0.3) is 0 Å². The lowest BCUT2D eigenvalue weighted by Crippen LogP contribution is -2.26. The Hall–Kier alpha value is -1.28. The molecule has 0 saturated carbocycles. The summed E-state index contributed by atoms with van der Waals surface area (Å²) in [4.78, 5) is 2.24. The highest BCUT2D eigenvalue weighted by molar-refractivity contribution is 5.87. The van der Waals surface area contributed by atoms with Crippen LogP contribution in [0.2, 0.25) is 0 Å². The molecule has 0 aromatic heterocycles. The van der Waals surface area contributed by atoms with Crippen LogP contribution in [-0.2, 0) is 5.41 Å². The van der Waals surface area contributed by atoms with Crippen LogP contribution in [-0.4, -0.2) is 25.5 Å². The predicted molar refractivity (Wildman–Crippen MR) is 110 cm³/mol. The van der Waals surface area contributed by atoms with Gasteiger partial charge < -0.3 is 4.90 Å². The number of halogens is 2. The topological polar surface area (TPSA) is 3.24 Å². The smallest absolute Gasteiger partial charge is 0.0158 e. The molecule has 2 aromatic rings. The lowest BCUT2D eigenvalue weighted by molar-refractivity contribution is 0.417. The number of hydrogen-bond donors (Lipinski definition) is 0. The first-order valence-corrected chi connectivity index (χ1v) is 8.06. The molecule has 1 aliphatic carbocycles. The van der Waals surface area contributed by atoms with E-state index >= 15 is 0 Å². The van der Waals surface area contributed by atoms with Crippen molar-refractivity contribution in [1.82, 2.24) is 4.90 Å². The summed E-state index contributed by atoms with van der Waals surface area (Å²) in [5.41, 5.74) is 7.11. The molecule has 0 spiro atoms. The van der Waals surface area contributed by atoms with E-state index in [1.54, 1.807) is 0 Å². The molecule has 1 aliphatic rings. The van der Waals surface area contributed by atoms with E-state index < -0.39 is 0 Å². The van der Waals surface area contributed by atoms with Crippen LogP contribution in [0.4, 0.5) is 0 Å².